The SMILES string of the molecule is CCCCn1c(C(F)(F)Cc2ccccc2[N+](=O)[O-])nc2ccccc21. The minimum atomic E-state index is -3.32. The minimum Gasteiger partial charge on any atom is -0.323 e. The Balaban J connectivity index is 2.05. The number of hydrogen-bond acceptors (Lipinski definition) is 3. The van der Waals surface area contributed by atoms with E-state index in [9.17, 15) is 10.1 Å². The van der Waals surface area contributed by atoms with Gasteiger partial charge in [-0.1, -0.05) is 43.7 Å². The van der Waals surface area contributed by atoms with E-state index in [1.54, 1.807) is 24.3 Å². The third kappa shape index (κ3) is 3.42. The Bertz CT molecular complexity index is 937. The topological polar surface area (TPSA) is 61.0 Å². The Morgan fingerprint density at radius 1 is 1.15 bits per heavy atom. The third-order valence-electron chi connectivity index (χ3n) is 4.32. The van der Waals surface area contributed by atoms with Gasteiger partial charge in [-0.25, -0.2) is 4.98 Å². The molecule has 3 rings (SSSR count). The molecule has 0 aliphatic heterocycles. The van der Waals surface area contributed by atoms with Gasteiger partial charge in [0, 0.05) is 18.2 Å². The Hall–Kier alpha value is -2.83. The van der Waals surface area contributed by atoms with Crippen LogP contribution >= 0.6 is 0 Å². The second-order valence-corrected chi connectivity index (χ2v) is 6.20. The molecule has 1 heterocycles. The summed E-state index contributed by atoms with van der Waals surface area (Å²) >= 11 is 0. The average Bonchev–Trinajstić information content (AvgIpc) is 2.99. The number of aromatic nitrogens is 2. The molecule has 5 nitrogen and oxygen atoms in total. The first-order valence-electron chi connectivity index (χ1n) is 8.50. The fourth-order valence-corrected chi connectivity index (χ4v) is 3.05. The molecule has 0 saturated carbocycles. The van der Waals surface area contributed by atoms with Gasteiger partial charge >= 0.3 is 5.92 Å². The normalized spacial score (nSPS) is 11.8. The summed E-state index contributed by atoms with van der Waals surface area (Å²) in [7, 11) is 0. The van der Waals surface area contributed by atoms with Crippen molar-refractivity contribution in [3.05, 3.63) is 70.0 Å². The molecule has 0 atom stereocenters. The van der Waals surface area contributed by atoms with Crippen LogP contribution in [0.3, 0.4) is 0 Å². The number of para-hydroxylation sites is 3. The summed E-state index contributed by atoms with van der Waals surface area (Å²) in [5.41, 5.74) is 0.846. The van der Waals surface area contributed by atoms with Crippen molar-refractivity contribution >= 4 is 16.7 Å². The highest BCUT2D eigenvalue weighted by Crippen LogP contribution is 2.36. The zero-order chi connectivity index (χ0) is 18.7. The molecule has 3 aromatic rings. The van der Waals surface area contributed by atoms with Crippen LogP contribution in [0.5, 0.6) is 0 Å². The van der Waals surface area contributed by atoms with Crippen molar-refractivity contribution in [1.29, 1.82) is 0 Å². The molecule has 0 saturated heterocycles. The molecule has 1 aromatic heterocycles. The lowest BCUT2D eigenvalue weighted by Crippen LogP contribution is -2.23. The molecular weight excluding hydrogens is 340 g/mol. The maximum absolute atomic E-state index is 15.1. The summed E-state index contributed by atoms with van der Waals surface area (Å²) in [5.74, 6) is -3.66. The summed E-state index contributed by atoms with van der Waals surface area (Å²) in [6.07, 6.45) is 0.843. The van der Waals surface area contributed by atoms with Crippen molar-refractivity contribution in [1.82, 2.24) is 9.55 Å². The van der Waals surface area contributed by atoms with Gasteiger partial charge in [0.25, 0.3) is 5.69 Å². The summed E-state index contributed by atoms with van der Waals surface area (Å²) < 4.78 is 31.7. The quantitative estimate of drug-likeness (QED) is 0.437. The highest BCUT2D eigenvalue weighted by molar-refractivity contribution is 5.76. The maximum atomic E-state index is 15.1. The van der Waals surface area contributed by atoms with Crippen LogP contribution in [0.25, 0.3) is 11.0 Å². The van der Waals surface area contributed by atoms with Crippen LogP contribution < -0.4 is 0 Å². The number of rotatable bonds is 7. The van der Waals surface area contributed by atoms with E-state index in [-0.39, 0.29) is 17.1 Å². The number of fused-ring (bicyclic) bond motifs is 1. The summed E-state index contributed by atoms with van der Waals surface area (Å²) in [4.78, 5) is 14.7. The molecule has 0 fully saturated rings. The van der Waals surface area contributed by atoms with Gasteiger partial charge in [0.1, 0.15) is 0 Å². The van der Waals surface area contributed by atoms with Gasteiger partial charge in [-0.05, 0) is 18.6 Å². The standard InChI is InChI=1S/C19H19F2N3O2/c1-2-3-12-23-17-11-7-5-9-15(17)22-18(23)19(20,21)13-14-8-4-6-10-16(14)24(25)26/h4-11H,2-3,12-13H2,1H3. The molecular formula is C19H19F2N3O2. The van der Waals surface area contributed by atoms with E-state index in [4.69, 9.17) is 0 Å². The van der Waals surface area contributed by atoms with Crippen molar-refractivity contribution in [2.75, 3.05) is 0 Å². The van der Waals surface area contributed by atoms with Gasteiger partial charge < -0.3 is 4.57 Å². The lowest BCUT2D eigenvalue weighted by molar-refractivity contribution is -0.385. The molecule has 26 heavy (non-hydrogen) atoms. The van der Waals surface area contributed by atoms with Crippen molar-refractivity contribution in [2.45, 2.75) is 38.7 Å². The molecule has 0 unspecified atom stereocenters. The molecule has 7 heteroatoms. The van der Waals surface area contributed by atoms with E-state index in [2.05, 4.69) is 4.98 Å². The summed E-state index contributed by atoms with van der Waals surface area (Å²) in [6, 6.07) is 12.6. The molecule has 0 amide bonds. The van der Waals surface area contributed by atoms with Gasteiger partial charge in [-0.2, -0.15) is 8.78 Å². The predicted molar refractivity (Wildman–Crippen MR) is 95.3 cm³/mol. The van der Waals surface area contributed by atoms with Crippen molar-refractivity contribution < 1.29 is 13.7 Å². The van der Waals surface area contributed by atoms with E-state index in [0.717, 1.165) is 12.8 Å². The Kier molecular flexibility index (Phi) is 4.97. The monoisotopic (exact) mass is 359 g/mol. The number of unbranched alkanes of at least 4 members (excludes halogenated alkanes) is 1. The van der Waals surface area contributed by atoms with Crippen LogP contribution in [-0.2, 0) is 18.9 Å². The molecule has 0 aliphatic carbocycles. The van der Waals surface area contributed by atoms with Crippen LogP contribution in [0.15, 0.2) is 48.5 Å². The van der Waals surface area contributed by atoms with Gasteiger partial charge in [-0.3, -0.25) is 10.1 Å². The van der Waals surface area contributed by atoms with Crippen LogP contribution in [0.2, 0.25) is 0 Å². The number of alkyl halides is 2. The molecule has 0 spiro atoms. The number of nitro groups is 1. The van der Waals surface area contributed by atoms with Crippen molar-refractivity contribution in [3.63, 3.8) is 0 Å². The zero-order valence-corrected chi connectivity index (χ0v) is 14.4. The second kappa shape index (κ2) is 7.19. The van der Waals surface area contributed by atoms with Crippen LogP contribution in [0, 0.1) is 10.1 Å². The number of nitrogens with zero attached hydrogens (tertiary/aromatic N) is 3. The number of imidazole rings is 1. The lowest BCUT2D eigenvalue weighted by Gasteiger charge is -2.18. The fraction of sp³-hybridized carbons (Fsp3) is 0.316. The minimum absolute atomic E-state index is 0.00315. The van der Waals surface area contributed by atoms with E-state index < -0.39 is 17.3 Å². The highest BCUT2D eigenvalue weighted by Gasteiger charge is 2.39. The Morgan fingerprint density at radius 3 is 2.58 bits per heavy atom. The van der Waals surface area contributed by atoms with E-state index in [1.165, 1.54) is 28.8 Å². The first-order valence-corrected chi connectivity index (χ1v) is 8.50. The van der Waals surface area contributed by atoms with E-state index in [0.29, 0.717) is 17.6 Å². The van der Waals surface area contributed by atoms with Crippen LogP contribution in [-0.4, -0.2) is 14.5 Å². The predicted octanol–water partition coefficient (Wildman–Crippen LogP) is 5.08. The molecule has 0 bridgehead atoms. The van der Waals surface area contributed by atoms with E-state index in [1.807, 2.05) is 6.92 Å². The molecule has 0 N–H and O–H groups in total. The third-order valence-corrected chi connectivity index (χ3v) is 4.32. The second-order valence-electron chi connectivity index (χ2n) is 6.20. The number of aryl methyl sites for hydroxylation is 1. The van der Waals surface area contributed by atoms with Crippen LogP contribution in [0.1, 0.15) is 31.2 Å². The molecule has 136 valence electrons. The largest absolute Gasteiger partial charge is 0.323 e. The van der Waals surface area contributed by atoms with Crippen LogP contribution in [0.4, 0.5) is 14.5 Å². The number of halogens is 2. The first-order chi connectivity index (χ1) is 12.4. The van der Waals surface area contributed by atoms with Gasteiger partial charge in [0.2, 0.25) is 0 Å². The van der Waals surface area contributed by atoms with Gasteiger partial charge in [0.05, 0.1) is 22.4 Å². The molecule has 0 radical (unpaired) electrons. The van der Waals surface area contributed by atoms with Gasteiger partial charge in [0.15, 0.2) is 5.82 Å². The fourth-order valence-electron chi connectivity index (χ4n) is 3.05. The van der Waals surface area contributed by atoms with E-state index >= 15 is 8.78 Å². The Morgan fingerprint density at radius 2 is 1.85 bits per heavy atom. The Labute approximate surface area is 149 Å². The number of nitro benzene ring substituents is 1. The smallest absolute Gasteiger partial charge is 0.309 e. The number of hydrogen-bond donors (Lipinski definition) is 0. The first kappa shape index (κ1) is 18.0. The van der Waals surface area contributed by atoms with Gasteiger partial charge in [-0.15, -0.1) is 0 Å². The maximum Gasteiger partial charge on any atom is 0.309 e. The number of benzene rings is 2. The summed E-state index contributed by atoms with van der Waals surface area (Å²) in [6.45, 7) is 2.42. The zero-order valence-electron chi connectivity index (χ0n) is 14.4. The van der Waals surface area contributed by atoms with Crippen molar-refractivity contribution in [3.8, 4) is 0 Å². The summed E-state index contributed by atoms with van der Waals surface area (Å²) in [5, 5.41) is 11.1. The lowest BCUT2D eigenvalue weighted by atomic mass is 10.0. The highest BCUT2D eigenvalue weighted by atomic mass is 19.3. The molecule has 0 aliphatic rings. The van der Waals surface area contributed by atoms with Crippen molar-refractivity contribution in [2.24, 2.45) is 0 Å². The average molecular weight is 359 g/mol. The molecule has 2 aromatic carbocycles.